The van der Waals surface area contributed by atoms with Crippen LogP contribution in [0.3, 0.4) is 0 Å². The van der Waals surface area contributed by atoms with E-state index >= 15 is 0 Å². The molecule has 6 nitrogen and oxygen atoms in total. The van der Waals surface area contributed by atoms with Gasteiger partial charge in [-0.1, -0.05) is 12.1 Å². The molecule has 1 aromatic heterocycles. The van der Waals surface area contributed by atoms with Crippen molar-refractivity contribution in [1.29, 1.82) is 0 Å². The van der Waals surface area contributed by atoms with Crippen molar-refractivity contribution in [2.24, 2.45) is 0 Å². The summed E-state index contributed by atoms with van der Waals surface area (Å²) >= 11 is 1.45. The smallest absolute Gasteiger partial charge is 0.244 e. The van der Waals surface area contributed by atoms with Crippen LogP contribution in [0.4, 0.5) is 10.8 Å². The molecule has 0 saturated carbocycles. The highest BCUT2D eigenvalue weighted by Gasteiger charge is 2.05. The van der Waals surface area contributed by atoms with E-state index < -0.39 is 0 Å². The average Bonchev–Trinajstić information content (AvgIpc) is 3.18. The van der Waals surface area contributed by atoms with Gasteiger partial charge >= 0.3 is 0 Å². The highest BCUT2D eigenvalue weighted by molar-refractivity contribution is 7.13. The summed E-state index contributed by atoms with van der Waals surface area (Å²) in [5, 5.41) is 8.65. The second-order valence-corrected chi connectivity index (χ2v) is 8.05. The van der Waals surface area contributed by atoms with Gasteiger partial charge in [-0.25, -0.2) is 4.98 Å². The third-order valence-corrected chi connectivity index (χ3v) is 5.00. The zero-order valence-corrected chi connectivity index (χ0v) is 18.5. The summed E-state index contributed by atoms with van der Waals surface area (Å²) in [4.78, 5) is 28.0. The van der Waals surface area contributed by atoms with Crippen LogP contribution < -0.4 is 15.4 Å². The molecule has 7 heteroatoms. The quantitative estimate of drug-likeness (QED) is 0.356. The van der Waals surface area contributed by atoms with Crippen molar-refractivity contribution in [3.63, 3.8) is 0 Å². The fourth-order valence-corrected chi connectivity index (χ4v) is 3.46. The number of nitrogens with one attached hydrogen (secondary N) is 2. The number of carbonyl (C=O) groups is 2. The maximum Gasteiger partial charge on any atom is 0.244 e. The van der Waals surface area contributed by atoms with Crippen LogP contribution in [-0.4, -0.2) is 22.8 Å². The molecule has 0 bridgehead atoms. The molecule has 160 valence electrons. The van der Waals surface area contributed by atoms with Gasteiger partial charge in [0.1, 0.15) is 5.75 Å². The Hall–Kier alpha value is -3.45. The highest BCUT2D eigenvalue weighted by atomic mass is 32.1. The number of anilines is 2. The number of nitrogens with zero attached hydrogens (tertiary/aromatic N) is 1. The van der Waals surface area contributed by atoms with E-state index in [-0.39, 0.29) is 17.8 Å². The maximum atomic E-state index is 12.1. The molecule has 31 heavy (non-hydrogen) atoms. The Morgan fingerprint density at radius 1 is 1.16 bits per heavy atom. The van der Waals surface area contributed by atoms with Crippen LogP contribution in [0.15, 0.2) is 60.0 Å². The first-order valence-electron chi connectivity index (χ1n) is 9.94. The Morgan fingerprint density at radius 2 is 1.94 bits per heavy atom. The second kappa shape index (κ2) is 10.5. The van der Waals surface area contributed by atoms with Crippen LogP contribution in [0.5, 0.6) is 5.75 Å². The van der Waals surface area contributed by atoms with E-state index in [9.17, 15) is 9.59 Å². The van der Waals surface area contributed by atoms with Gasteiger partial charge in [0, 0.05) is 22.7 Å². The molecule has 0 aliphatic rings. The Balaban J connectivity index is 1.50. The molecular weight excluding hydrogens is 410 g/mol. The first kappa shape index (κ1) is 22.2. The molecule has 0 fully saturated rings. The number of carbonyl (C=O) groups excluding carboxylic acids is 2. The minimum Gasteiger partial charge on any atom is -0.491 e. The summed E-state index contributed by atoms with van der Waals surface area (Å²) in [7, 11) is 0. The van der Waals surface area contributed by atoms with Crippen LogP contribution in [0.25, 0.3) is 6.08 Å². The summed E-state index contributed by atoms with van der Waals surface area (Å²) in [5.74, 6) is 0.609. The lowest BCUT2D eigenvalue weighted by atomic mass is 10.1. The van der Waals surface area contributed by atoms with E-state index in [4.69, 9.17) is 4.74 Å². The monoisotopic (exact) mass is 435 g/mol. The summed E-state index contributed by atoms with van der Waals surface area (Å²) in [6.07, 6.45) is 3.35. The lowest BCUT2D eigenvalue weighted by Crippen LogP contribution is -2.20. The minimum absolute atomic E-state index is 0.0319. The average molecular weight is 436 g/mol. The van der Waals surface area contributed by atoms with Crippen LogP contribution in [0.1, 0.15) is 42.4 Å². The summed E-state index contributed by atoms with van der Waals surface area (Å²) in [5.41, 5.74) is 3.17. The predicted octanol–water partition coefficient (Wildman–Crippen LogP) is 5.21. The number of thiazole rings is 1. The molecule has 0 atom stereocenters. The normalized spacial score (nSPS) is 11.0. The first-order chi connectivity index (χ1) is 14.9. The number of amides is 1. The van der Waals surface area contributed by atoms with E-state index in [0.29, 0.717) is 12.1 Å². The van der Waals surface area contributed by atoms with E-state index in [0.717, 1.165) is 27.8 Å². The number of hydrogen-bond acceptors (Lipinski definition) is 6. The number of ether oxygens (including phenoxy) is 1. The third-order valence-electron chi connectivity index (χ3n) is 4.20. The molecule has 0 radical (unpaired) electrons. The minimum atomic E-state index is -0.197. The molecule has 1 heterocycles. The van der Waals surface area contributed by atoms with Crippen molar-refractivity contribution in [3.05, 3.63) is 76.8 Å². The van der Waals surface area contributed by atoms with Crippen LogP contribution in [0, 0.1) is 0 Å². The Morgan fingerprint density at radius 3 is 2.65 bits per heavy atom. The zero-order chi connectivity index (χ0) is 22.2. The number of Topliss-reactive ketones (excluding diaryl/α,β-unsaturated/α-hetero) is 1. The van der Waals surface area contributed by atoms with Gasteiger partial charge < -0.3 is 15.4 Å². The summed E-state index contributed by atoms with van der Waals surface area (Å²) in [6.45, 7) is 5.82. The molecule has 0 unspecified atom stereocenters. The van der Waals surface area contributed by atoms with E-state index in [1.807, 2.05) is 55.6 Å². The molecule has 3 rings (SSSR count). The van der Waals surface area contributed by atoms with Gasteiger partial charge in [0.2, 0.25) is 5.91 Å². The fourth-order valence-electron chi connectivity index (χ4n) is 2.73. The summed E-state index contributed by atoms with van der Waals surface area (Å²) in [6, 6.07) is 14.8. The van der Waals surface area contributed by atoms with Gasteiger partial charge in [-0.3, -0.25) is 9.59 Å². The second-order valence-electron chi connectivity index (χ2n) is 7.19. The molecule has 0 aliphatic carbocycles. The van der Waals surface area contributed by atoms with Crippen molar-refractivity contribution < 1.29 is 14.3 Å². The number of ketones is 1. The predicted molar refractivity (Wildman–Crippen MR) is 125 cm³/mol. The number of aromatic nitrogens is 1. The van der Waals surface area contributed by atoms with Crippen molar-refractivity contribution in [2.45, 2.75) is 33.4 Å². The number of rotatable bonds is 9. The molecule has 2 N–H and O–H groups in total. The van der Waals surface area contributed by atoms with E-state index in [2.05, 4.69) is 15.6 Å². The molecule has 2 aromatic carbocycles. The standard InChI is InChI=1S/C24H25N3O3S/c1-16(2)30-22-6-4-5-18(13-22)7-12-23(29)25-14-21-15-31-24(27-21)26-20-10-8-19(9-11-20)17(3)28/h4-13,15-16H,14H2,1-3H3,(H,25,29)(H,26,27)/b12-7+. The molecule has 0 spiro atoms. The van der Waals surface area contributed by atoms with Gasteiger partial charge in [0.15, 0.2) is 10.9 Å². The molecule has 3 aromatic rings. The Bertz CT molecular complexity index is 1070. The highest BCUT2D eigenvalue weighted by Crippen LogP contribution is 2.21. The van der Waals surface area contributed by atoms with Crippen molar-refractivity contribution in [1.82, 2.24) is 10.3 Å². The van der Waals surface area contributed by atoms with Gasteiger partial charge in [0.05, 0.1) is 18.3 Å². The zero-order valence-electron chi connectivity index (χ0n) is 17.7. The number of hydrogen-bond donors (Lipinski definition) is 2. The molecule has 0 saturated heterocycles. The molecular formula is C24H25N3O3S. The van der Waals surface area contributed by atoms with Crippen molar-refractivity contribution in [2.75, 3.05) is 5.32 Å². The fraction of sp³-hybridized carbons (Fsp3) is 0.208. The largest absolute Gasteiger partial charge is 0.491 e. The maximum absolute atomic E-state index is 12.1. The lowest BCUT2D eigenvalue weighted by molar-refractivity contribution is -0.116. The van der Waals surface area contributed by atoms with Gasteiger partial charge in [-0.15, -0.1) is 11.3 Å². The van der Waals surface area contributed by atoms with E-state index in [1.54, 1.807) is 18.2 Å². The van der Waals surface area contributed by atoms with Crippen LogP contribution >= 0.6 is 11.3 Å². The van der Waals surface area contributed by atoms with Gasteiger partial charge in [-0.05, 0) is 68.8 Å². The van der Waals surface area contributed by atoms with Crippen LogP contribution in [-0.2, 0) is 11.3 Å². The Kier molecular flexibility index (Phi) is 7.56. The van der Waals surface area contributed by atoms with Gasteiger partial charge in [-0.2, -0.15) is 0 Å². The lowest BCUT2D eigenvalue weighted by Gasteiger charge is -2.09. The summed E-state index contributed by atoms with van der Waals surface area (Å²) < 4.78 is 5.67. The number of benzene rings is 2. The first-order valence-corrected chi connectivity index (χ1v) is 10.8. The Labute approximate surface area is 186 Å². The van der Waals surface area contributed by atoms with Crippen LogP contribution in [0.2, 0.25) is 0 Å². The SMILES string of the molecule is CC(=O)c1ccc(Nc2nc(CNC(=O)/C=C/c3cccc(OC(C)C)c3)cs2)cc1. The molecule has 1 amide bonds. The van der Waals surface area contributed by atoms with Crippen molar-refractivity contribution in [3.8, 4) is 5.75 Å². The third kappa shape index (κ3) is 7.08. The van der Waals surface area contributed by atoms with Crippen molar-refractivity contribution >= 4 is 39.9 Å². The molecule has 0 aliphatic heterocycles. The van der Waals surface area contributed by atoms with Gasteiger partial charge in [0.25, 0.3) is 0 Å². The van der Waals surface area contributed by atoms with E-state index in [1.165, 1.54) is 24.3 Å². The topological polar surface area (TPSA) is 80.3 Å².